The summed E-state index contributed by atoms with van der Waals surface area (Å²) >= 11 is 12.1. The minimum Gasteiger partial charge on any atom is -0.427 e. The van der Waals surface area contributed by atoms with E-state index in [0.29, 0.717) is 27.1 Å². The van der Waals surface area contributed by atoms with E-state index in [9.17, 15) is 5.21 Å². The van der Waals surface area contributed by atoms with Crippen molar-refractivity contribution in [2.75, 3.05) is 0 Å². The lowest BCUT2D eigenvalue weighted by Gasteiger charge is -2.04. The van der Waals surface area contributed by atoms with E-state index in [1.54, 1.807) is 18.2 Å². The molecule has 1 aromatic heterocycles. The van der Waals surface area contributed by atoms with Gasteiger partial charge in [0.05, 0.1) is 16.4 Å². The van der Waals surface area contributed by atoms with Gasteiger partial charge in [0, 0.05) is 16.1 Å². The number of nitrogens with zero attached hydrogens (tertiary/aromatic N) is 2. The molecule has 0 aliphatic heterocycles. The number of hydrogen-bond donors (Lipinski definition) is 1. The predicted octanol–water partition coefficient (Wildman–Crippen LogP) is 5.07. The van der Waals surface area contributed by atoms with Gasteiger partial charge in [-0.2, -0.15) is 4.73 Å². The molecule has 0 amide bonds. The second-order valence-electron chi connectivity index (χ2n) is 4.67. The first kappa shape index (κ1) is 14.0. The van der Waals surface area contributed by atoms with Crippen LogP contribution in [0.4, 0.5) is 0 Å². The normalized spacial score (nSPS) is 10.8. The van der Waals surface area contributed by atoms with Crippen molar-refractivity contribution in [1.82, 2.24) is 9.71 Å². The molecule has 106 valence electrons. The lowest BCUT2D eigenvalue weighted by Crippen LogP contribution is -1.97. The fraction of sp³-hybridized carbons (Fsp3) is 0.0625. The number of rotatable bonds is 2. The maximum absolute atomic E-state index is 10.3. The van der Waals surface area contributed by atoms with Crippen LogP contribution >= 0.6 is 23.2 Å². The third-order valence-corrected chi connectivity index (χ3v) is 3.85. The molecule has 0 radical (unpaired) electrons. The third-order valence-electron chi connectivity index (χ3n) is 3.30. The van der Waals surface area contributed by atoms with Crippen LogP contribution < -0.4 is 0 Å². The molecule has 21 heavy (non-hydrogen) atoms. The van der Waals surface area contributed by atoms with Gasteiger partial charge in [-0.3, -0.25) is 0 Å². The van der Waals surface area contributed by atoms with E-state index in [2.05, 4.69) is 4.98 Å². The Bertz CT molecular complexity index is 798. The first-order chi connectivity index (χ1) is 10.1. The van der Waals surface area contributed by atoms with E-state index in [-0.39, 0.29) is 0 Å². The predicted molar refractivity (Wildman–Crippen MR) is 85.0 cm³/mol. The Labute approximate surface area is 132 Å². The van der Waals surface area contributed by atoms with Gasteiger partial charge in [-0.05, 0) is 25.1 Å². The van der Waals surface area contributed by atoms with Crippen molar-refractivity contribution >= 4 is 23.2 Å². The van der Waals surface area contributed by atoms with Crippen LogP contribution in [0, 0.1) is 6.92 Å². The van der Waals surface area contributed by atoms with Crippen LogP contribution in [0.2, 0.25) is 10.0 Å². The molecule has 0 saturated carbocycles. The van der Waals surface area contributed by atoms with Gasteiger partial charge in [0.15, 0.2) is 5.82 Å². The van der Waals surface area contributed by atoms with Gasteiger partial charge in [-0.15, -0.1) is 0 Å². The molecule has 0 fully saturated rings. The number of imidazole rings is 1. The van der Waals surface area contributed by atoms with Crippen molar-refractivity contribution in [2.45, 2.75) is 6.92 Å². The first-order valence-corrected chi connectivity index (χ1v) is 7.13. The molecular formula is C16H12Cl2N2O. The van der Waals surface area contributed by atoms with Crippen LogP contribution in [-0.4, -0.2) is 14.9 Å². The molecule has 3 rings (SSSR count). The molecule has 2 aromatic carbocycles. The molecule has 0 aliphatic carbocycles. The van der Waals surface area contributed by atoms with Gasteiger partial charge in [0.1, 0.15) is 0 Å². The maximum Gasteiger partial charge on any atom is 0.177 e. The van der Waals surface area contributed by atoms with Crippen LogP contribution in [0.3, 0.4) is 0 Å². The Balaban J connectivity index is 2.17. The minimum atomic E-state index is 0.396. The van der Waals surface area contributed by atoms with Crippen molar-refractivity contribution < 1.29 is 5.21 Å². The van der Waals surface area contributed by atoms with E-state index in [1.807, 2.05) is 37.3 Å². The fourth-order valence-corrected chi connectivity index (χ4v) is 2.70. The van der Waals surface area contributed by atoms with Gasteiger partial charge >= 0.3 is 0 Å². The molecule has 0 atom stereocenters. The summed E-state index contributed by atoms with van der Waals surface area (Å²) < 4.78 is 1.05. The van der Waals surface area contributed by atoms with Crippen LogP contribution in [-0.2, 0) is 0 Å². The summed E-state index contributed by atoms with van der Waals surface area (Å²) in [7, 11) is 0. The molecule has 1 heterocycles. The summed E-state index contributed by atoms with van der Waals surface area (Å²) in [5.74, 6) is 0.396. The highest BCUT2D eigenvalue weighted by Crippen LogP contribution is 2.33. The third kappa shape index (κ3) is 2.50. The van der Waals surface area contributed by atoms with Crippen molar-refractivity contribution in [1.29, 1.82) is 0 Å². The van der Waals surface area contributed by atoms with E-state index in [0.717, 1.165) is 16.0 Å². The number of aromatic nitrogens is 2. The van der Waals surface area contributed by atoms with E-state index in [4.69, 9.17) is 23.2 Å². The smallest absolute Gasteiger partial charge is 0.177 e. The highest BCUT2D eigenvalue weighted by molar-refractivity contribution is 6.36. The summed E-state index contributed by atoms with van der Waals surface area (Å²) in [6.07, 6.45) is 0. The lowest BCUT2D eigenvalue weighted by molar-refractivity contribution is 0.185. The molecule has 0 saturated heterocycles. The van der Waals surface area contributed by atoms with Crippen LogP contribution in [0.1, 0.15) is 5.69 Å². The summed E-state index contributed by atoms with van der Waals surface area (Å²) in [5, 5.41) is 11.3. The highest BCUT2D eigenvalue weighted by atomic mass is 35.5. The van der Waals surface area contributed by atoms with Gasteiger partial charge in [-0.1, -0.05) is 53.5 Å². The zero-order chi connectivity index (χ0) is 15.0. The molecule has 0 aliphatic rings. The largest absolute Gasteiger partial charge is 0.427 e. The van der Waals surface area contributed by atoms with Gasteiger partial charge < -0.3 is 5.21 Å². The molecular weight excluding hydrogens is 307 g/mol. The minimum absolute atomic E-state index is 0.396. The van der Waals surface area contributed by atoms with E-state index < -0.39 is 0 Å². The zero-order valence-corrected chi connectivity index (χ0v) is 12.7. The SMILES string of the molecule is Cc1c(-c2ccccc2)nc(-c2ccc(Cl)cc2Cl)n1O. The average Bonchev–Trinajstić information content (AvgIpc) is 2.77. The van der Waals surface area contributed by atoms with Gasteiger partial charge in [0.25, 0.3) is 0 Å². The molecule has 5 heteroatoms. The summed E-state index contributed by atoms with van der Waals surface area (Å²) in [6, 6.07) is 14.8. The Morgan fingerprint density at radius 2 is 1.76 bits per heavy atom. The van der Waals surface area contributed by atoms with Gasteiger partial charge in [0.2, 0.25) is 0 Å². The van der Waals surface area contributed by atoms with Crippen LogP contribution in [0.5, 0.6) is 0 Å². The Morgan fingerprint density at radius 1 is 1.05 bits per heavy atom. The monoisotopic (exact) mass is 318 g/mol. The Kier molecular flexibility index (Phi) is 3.62. The Morgan fingerprint density at radius 3 is 2.43 bits per heavy atom. The molecule has 0 spiro atoms. The molecule has 0 unspecified atom stereocenters. The maximum atomic E-state index is 10.3. The second-order valence-corrected chi connectivity index (χ2v) is 5.52. The van der Waals surface area contributed by atoms with Crippen molar-refractivity contribution in [3.8, 4) is 22.6 Å². The van der Waals surface area contributed by atoms with Crippen LogP contribution in [0.25, 0.3) is 22.6 Å². The number of benzene rings is 2. The van der Waals surface area contributed by atoms with Crippen molar-refractivity contribution in [3.63, 3.8) is 0 Å². The average molecular weight is 319 g/mol. The molecule has 1 N–H and O–H groups in total. The van der Waals surface area contributed by atoms with Gasteiger partial charge in [-0.25, -0.2) is 4.98 Å². The van der Waals surface area contributed by atoms with Crippen LogP contribution in [0.15, 0.2) is 48.5 Å². The first-order valence-electron chi connectivity index (χ1n) is 6.37. The number of hydrogen-bond acceptors (Lipinski definition) is 2. The summed E-state index contributed by atoms with van der Waals surface area (Å²) in [6.45, 7) is 1.81. The van der Waals surface area contributed by atoms with Crippen molar-refractivity contribution in [3.05, 3.63) is 64.3 Å². The lowest BCUT2D eigenvalue weighted by atomic mass is 10.1. The highest BCUT2D eigenvalue weighted by Gasteiger charge is 2.18. The quantitative estimate of drug-likeness (QED) is 0.670. The standard InChI is InChI=1S/C16H12Cl2N2O/c1-10-15(11-5-3-2-4-6-11)19-16(20(10)21)13-8-7-12(17)9-14(13)18/h2-9,21H,1H3. The molecule has 3 nitrogen and oxygen atoms in total. The summed E-state index contributed by atoms with van der Waals surface area (Å²) in [5.41, 5.74) is 2.95. The second kappa shape index (κ2) is 5.43. The molecule has 3 aromatic rings. The summed E-state index contributed by atoms with van der Waals surface area (Å²) in [4.78, 5) is 4.53. The van der Waals surface area contributed by atoms with Crippen molar-refractivity contribution in [2.24, 2.45) is 0 Å². The zero-order valence-electron chi connectivity index (χ0n) is 11.2. The van der Waals surface area contributed by atoms with E-state index >= 15 is 0 Å². The topological polar surface area (TPSA) is 38.0 Å². The Hall–Kier alpha value is -1.97. The number of halogens is 2. The fourth-order valence-electron chi connectivity index (χ4n) is 2.21. The molecule has 0 bridgehead atoms. The van der Waals surface area contributed by atoms with E-state index in [1.165, 1.54) is 0 Å².